The highest BCUT2D eigenvalue weighted by Gasteiger charge is 2.58. The van der Waals surface area contributed by atoms with Gasteiger partial charge in [0.25, 0.3) is 0 Å². The van der Waals surface area contributed by atoms with E-state index in [0.29, 0.717) is 0 Å². The Morgan fingerprint density at radius 1 is 0.456 bits per heavy atom. The molecule has 0 aromatic carbocycles. The maximum Gasteiger partial charge on any atom is 0.217 e. The second kappa shape index (κ2) is 19.5. The standard InChI is InChI=1S/C32H55NO24/c1-7-14(38)18(42)21(45)29(49-7)54-24-12(6-36)51-28(48)13(33-9(3)37)25(24)55-32-27(57-30-22(46)19(43)15(39)8(2)50-30)26(17(41)11(5-35)53-32)56-31-23(47)20(44)16(40)10(4-34)52-31/h7-8,10-32,34-36,38-48H,4-6H2,1-3H3,(H,33,37). The monoisotopic (exact) mass is 837 g/mol. The number of ether oxygens (including phenoxy) is 9. The van der Waals surface area contributed by atoms with Crippen LogP contribution in [0.25, 0.3) is 0 Å². The van der Waals surface area contributed by atoms with Crippen LogP contribution in [0.5, 0.6) is 0 Å². The molecule has 0 aliphatic carbocycles. The third-order valence-electron chi connectivity index (χ3n) is 10.6. The van der Waals surface area contributed by atoms with E-state index >= 15 is 0 Å². The summed E-state index contributed by atoms with van der Waals surface area (Å²) in [6.07, 6.45) is -42.9. The fourth-order valence-electron chi connectivity index (χ4n) is 7.28. The molecule has 0 spiro atoms. The minimum Gasteiger partial charge on any atom is -0.394 e. The number of rotatable bonds is 12. The Kier molecular flexibility index (Phi) is 16.0. The van der Waals surface area contributed by atoms with E-state index in [4.69, 9.17) is 42.6 Å². The average molecular weight is 838 g/mol. The van der Waals surface area contributed by atoms with Crippen molar-refractivity contribution in [2.45, 2.75) is 174 Å². The molecule has 0 aromatic heterocycles. The number of aliphatic hydroxyl groups excluding tert-OH is 14. The number of nitrogens with one attached hydrogen (secondary N) is 1. The molecule has 25 heteroatoms. The van der Waals surface area contributed by atoms with Gasteiger partial charge in [-0.1, -0.05) is 0 Å². The SMILES string of the molecule is CC(=O)NC1C(O)OC(CO)C(OC2OC(C)C(O)C(O)C2O)C1OC1OC(CO)C(O)C(OC2OC(CO)C(O)C(O)C2O)C1OC1OC(C)C(O)C(O)C1O. The van der Waals surface area contributed by atoms with E-state index in [9.17, 15) is 76.3 Å². The summed E-state index contributed by atoms with van der Waals surface area (Å²) in [5.41, 5.74) is 0. The molecule has 25 unspecified atom stereocenters. The highest BCUT2D eigenvalue weighted by Crippen LogP contribution is 2.37. The Labute approximate surface area is 324 Å². The Morgan fingerprint density at radius 3 is 1.35 bits per heavy atom. The van der Waals surface area contributed by atoms with Gasteiger partial charge in [0, 0.05) is 6.92 Å². The molecule has 5 rings (SSSR count). The molecule has 5 saturated heterocycles. The summed E-state index contributed by atoms with van der Waals surface area (Å²) in [5, 5.41) is 150. The first-order valence-corrected chi connectivity index (χ1v) is 18.3. The fourth-order valence-corrected chi connectivity index (χ4v) is 7.28. The van der Waals surface area contributed by atoms with Crippen LogP contribution in [-0.4, -0.2) is 251 Å². The van der Waals surface area contributed by atoms with Crippen molar-refractivity contribution in [3.05, 3.63) is 0 Å². The van der Waals surface area contributed by atoms with Crippen LogP contribution < -0.4 is 5.32 Å². The largest absolute Gasteiger partial charge is 0.394 e. The summed E-state index contributed by atoms with van der Waals surface area (Å²) in [6.45, 7) is 0.921. The predicted octanol–water partition coefficient (Wildman–Crippen LogP) is -9.73. The molecule has 5 aliphatic rings. The average Bonchev–Trinajstić information content (AvgIpc) is 3.18. The van der Waals surface area contributed by atoms with Crippen molar-refractivity contribution in [1.82, 2.24) is 5.32 Å². The molecule has 1 amide bonds. The molecular weight excluding hydrogens is 782 g/mol. The summed E-state index contributed by atoms with van der Waals surface area (Å²) in [6, 6.07) is -1.66. The molecule has 15 N–H and O–H groups in total. The number of carbonyl (C=O) groups is 1. The van der Waals surface area contributed by atoms with Gasteiger partial charge in [-0.3, -0.25) is 4.79 Å². The Hall–Kier alpha value is -1.45. The first kappa shape index (κ1) is 46.6. The van der Waals surface area contributed by atoms with Gasteiger partial charge in [-0.05, 0) is 13.8 Å². The van der Waals surface area contributed by atoms with Crippen molar-refractivity contribution in [3.8, 4) is 0 Å². The summed E-state index contributed by atoms with van der Waals surface area (Å²) < 4.78 is 52.2. The smallest absolute Gasteiger partial charge is 0.217 e. The van der Waals surface area contributed by atoms with Crippen molar-refractivity contribution in [2.24, 2.45) is 0 Å². The van der Waals surface area contributed by atoms with Gasteiger partial charge in [0.15, 0.2) is 31.5 Å². The van der Waals surface area contributed by atoms with E-state index in [1.54, 1.807) is 0 Å². The van der Waals surface area contributed by atoms with E-state index in [-0.39, 0.29) is 0 Å². The fraction of sp³-hybridized carbons (Fsp3) is 0.969. The van der Waals surface area contributed by atoms with E-state index < -0.39 is 179 Å². The van der Waals surface area contributed by atoms with Crippen LogP contribution in [-0.2, 0) is 47.4 Å². The van der Waals surface area contributed by atoms with Crippen LogP contribution in [0.1, 0.15) is 20.8 Å². The molecule has 0 saturated carbocycles. The normalized spacial score (nSPS) is 52.3. The molecule has 5 heterocycles. The number of amides is 1. The molecule has 25 atom stereocenters. The van der Waals surface area contributed by atoms with Gasteiger partial charge in [-0.25, -0.2) is 0 Å². The zero-order chi connectivity index (χ0) is 42.2. The Morgan fingerprint density at radius 2 is 0.860 bits per heavy atom. The van der Waals surface area contributed by atoms with Gasteiger partial charge < -0.3 is 119 Å². The lowest BCUT2D eigenvalue weighted by Crippen LogP contribution is -2.70. The molecule has 0 aromatic rings. The first-order chi connectivity index (χ1) is 26.8. The topological polar surface area (TPSA) is 395 Å². The molecule has 57 heavy (non-hydrogen) atoms. The van der Waals surface area contributed by atoms with Crippen LogP contribution in [0.3, 0.4) is 0 Å². The summed E-state index contributed by atoms with van der Waals surface area (Å²) in [5.74, 6) is -0.774. The zero-order valence-corrected chi connectivity index (χ0v) is 30.9. The molecule has 0 bridgehead atoms. The van der Waals surface area contributed by atoms with Crippen LogP contribution in [0.15, 0.2) is 0 Å². The molecule has 5 aliphatic heterocycles. The summed E-state index contributed by atoms with van der Waals surface area (Å²) >= 11 is 0. The lowest BCUT2D eigenvalue weighted by Gasteiger charge is -2.51. The van der Waals surface area contributed by atoms with Gasteiger partial charge >= 0.3 is 0 Å². The van der Waals surface area contributed by atoms with Gasteiger partial charge in [0.2, 0.25) is 5.91 Å². The number of hydrogen-bond donors (Lipinski definition) is 15. The molecule has 0 radical (unpaired) electrons. The third kappa shape index (κ3) is 9.71. The minimum absolute atomic E-state index is 0.774. The zero-order valence-electron chi connectivity index (χ0n) is 30.9. The van der Waals surface area contributed by atoms with Gasteiger partial charge in [-0.2, -0.15) is 0 Å². The third-order valence-corrected chi connectivity index (χ3v) is 10.6. The lowest BCUT2D eigenvalue weighted by molar-refractivity contribution is -0.406. The predicted molar refractivity (Wildman–Crippen MR) is 175 cm³/mol. The van der Waals surface area contributed by atoms with E-state index in [2.05, 4.69) is 5.32 Å². The van der Waals surface area contributed by atoms with Crippen molar-refractivity contribution in [1.29, 1.82) is 0 Å². The Balaban J connectivity index is 1.57. The minimum atomic E-state index is -2.06. The molecular formula is C32H55NO24. The van der Waals surface area contributed by atoms with Gasteiger partial charge in [0.05, 0.1) is 32.0 Å². The van der Waals surface area contributed by atoms with Crippen LogP contribution in [0, 0.1) is 0 Å². The second-order valence-electron chi connectivity index (χ2n) is 14.7. The summed E-state index contributed by atoms with van der Waals surface area (Å²) in [7, 11) is 0. The molecule has 25 nitrogen and oxygen atoms in total. The lowest BCUT2D eigenvalue weighted by atomic mass is 9.94. The highest BCUT2D eigenvalue weighted by atomic mass is 16.8. The van der Waals surface area contributed by atoms with Crippen molar-refractivity contribution >= 4 is 5.91 Å². The van der Waals surface area contributed by atoms with E-state index in [1.165, 1.54) is 13.8 Å². The van der Waals surface area contributed by atoms with Crippen LogP contribution in [0.4, 0.5) is 0 Å². The number of hydrogen-bond acceptors (Lipinski definition) is 24. The Bertz CT molecular complexity index is 1290. The van der Waals surface area contributed by atoms with Crippen LogP contribution in [0.2, 0.25) is 0 Å². The van der Waals surface area contributed by atoms with E-state index in [0.717, 1.165) is 6.92 Å². The number of carbonyl (C=O) groups excluding carboxylic acids is 1. The molecule has 5 fully saturated rings. The number of aliphatic hydroxyl groups is 14. The highest BCUT2D eigenvalue weighted by molar-refractivity contribution is 5.73. The van der Waals surface area contributed by atoms with Crippen molar-refractivity contribution in [3.63, 3.8) is 0 Å². The van der Waals surface area contributed by atoms with E-state index in [1.807, 2.05) is 0 Å². The maximum absolute atomic E-state index is 12.4. The van der Waals surface area contributed by atoms with Crippen molar-refractivity contribution < 1.29 is 119 Å². The molecule has 332 valence electrons. The first-order valence-electron chi connectivity index (χ1n) is 18.3. The van der Waals surface area contributed by atoms with Gasteiger partial charge in [-0.15, -0.1) is 0 Å². The maximum atomic E-state index is 12.4. The van der Waals surface area contributed by atoms with Crippen molar-refractivity contribution in [2.75, 3.05) is 19.8 Å². The second-order valence-corrected chi connectivity index (χ2v) is 14.7. The quantitative estimate of drug-likeness (QED) is 0.0867. The summed E-state index contributed by atoms with van der Waals surface area (Å²) in [4.78, 5) is 12.4. The van der Waals surface area contributed by atoms with Crippen LogP contribution >= 0.6 is 0 Å². The van der Waals surface area contributed by atoms with Gasteiger partial charge in [0.1, 0.15) is 110 Å².